The molecule has 0 atom stereocenters. The van der Waals surface area contributed by atoms with Crippen LogP contribution in [0.15, 0.2) is 24.5 Å². The third-order valence-electron chi connectivity index (χ3n) is 2.31. The van der Waals surface area contributed by atoms with Crippen LogP contribution in [0.1, 0.15) is 16.2 Å². The molecule has 17 heavy (non-hydrogen) atoms. The number of nitrogens with zero attached hydrogens (tertiary/aromatic N) is 2. The molecule has 0 aliphatic heterocycles. The van der Waals surface area contributed by atoms with Crippen LogP contribution in [0.25, 0.3) is 11.1 Å². The van der Waals surface area contributed by atoms with Crippen molar-refractivity contribution in [1.29, 1.82) is 0 Å². The Hall–Kier alpha value is -2.17. The van der Waals surface area contributed by atoms with Gasteiger partial charge in [-0.3, -0.25) is 4.79 Å². The van der Waals surface area contributed by atoms with Crippen LogP contribution < -0.4 is 0 Å². The van der Waals surface area contributed by atoms with E-state index in [-0.39, 0.29) is 6.29 Å². The number of aldehydes is 1. The summed E-state index contributed by atoms with van der Waals surface area (Å²) in [6, 6.07) is 2.17. The first-order chi connectivity index (χ1) is 8.11. The third kappa shape index (κ3) is 2.18. The minimum atomic E-state index is -0.893. The number of carbonyl (C=O) groups excluding carboxylic acids is 1. The van der Waals surface area contributed by atoms with Gasteiger partial charge in [-0.15, -0.1) is 0 Å². The lowest BCUT2D eigenvalue weighted by atomic mass is 10.1. The molecule has 3 nitrogen and oxygen atoms in total. The summed E-state index contributed by atoms with van der Waals surface area (Å²) in [6.07, 6.45) is 3.09. The van der Waals surface area contributed by atoms with Crippen molar-refractivity contribution in [2.24, 2.45) is 0 Å². The molecule has 0 saturated carbocycles. The molecule has 0 aliphatic rings. The molecule has 5 heteroatoms. The highest BCUT2D eigenvalue weighted by Crippen LogP contribution is 2.22. The normalized spacial score (nSPS) is 10.3. The van der Waals surface area contributed by atoms with Crippen LogP contribution in [0.2, 0.25) is 0 Å². The Morgan fingerprint density at radius 2 is 1.59 bits per heavy atom. The van der Waals surface area contributed by atoms with Crippen molar-refractivity contribution in [2.45, 2.75) is 6.92 Å². The summed E-state index contributed by atoms with van der Waals surface area (Å²) in [5.74, 6) is -1.22. The predicted octanol–water partition coefficient (Wildman–Crippen LogP) is 2.54. The molecule has 0 amide bonds. The minimum absolute atomic E-state index is 0.153. The van der Waals surface area contributed by atoms with Crippen LogP contribution in [0.3, 0.4) is 0 Å². The van der Waals surface area contributed by atoms with Crippen LogP contribution in [-0.2, 0) is 0 Å². The highest BCUT2D eigenvalue weighted by atomic mass is 19.1. The quantitative estimate of drug-likeness (QED) is 0.750. The zero-order chi connectivity index (χ0) is 12.4. The lowest BCUT2D eigenvalue weighted by Gasteiger charge is -2.04. The average Bonchev–Trinajstić information content (AvgIpc) is 2.29. The van der Waals surface area contributed by atoms with E-state index in [1.54, 1.807) is 6.92 Å². The molecule has 0 saturated heterocycles. The molecule has 86 valence electrons. The van der Waals surface area contributed by atoms with Crippen molar-refractivity contribution in [1.82, 2.24) is 9.97 Å². The molecular weight excluding hydrogens is 226 g/mol. The number of hydrogen-bond acceptors (Lipinski definition) is 3. The summed E-state index contributed by atoms with van der Waals surface area (Å²) in [6.45, 7) is 1.71. The van der Waals surface area contributed by atoms with Crippen molar-refractivity contribution in [2.75, 3.05) is 0 Å². The molecule has 0 radical (unpaired) electrons. The molecule has 0 fully saturated rings. The zero-order valence-electron chi connectivity index (χ0n) is 8.95. The van der Waals surface area contributed by atoms with E-state index in [1.165, 1.54) is 12.4 Å². The SMILES string of the molecule is Cc1ncc(-c2cc(F)c(C=O)c(F)c2)cn1. The van der Waals surface area contributed by atoms with Gasteiger partial charge in [0, 0.05) is 18.0 Å². The number of rotatable bonds is 2. The van der Waals surface area contributed by atoms with E-state index >= 15 is 0 Å². The fourth-order valence-electron chi connectivity index (χ4n) is 1.41. The number of aryl methyl sites for hydroxylation is 1. The van der Waals surface area contributed by atoms with Crippen LogP contribution in [0.5, 0.6) is 0 Å². The first kappa shape index (κ1) is 11.3. The fraction of sp³-hybridized carbons (Fsp3) is 0.0833. The zero-order valence-corrected chi connectivity index (χ0v) is 8.95. The maximum Gasteiger partial charge on any atom is 0.155 e. The summed E-state index contributed by atoms with van der Waals surface area (Å²) in [5, 5.41) is 0. The highest BCUT2D eigenvalue weighted by molar-refractivity contribution is 5.77. The molecule has 0 spiro atoms. The monoisotopic (exact) mass is 234 g/mol. The summed E-state index contributed by atoms with van der Waals surface area (Å²) in [4.78, 5) is 18.3. The number of carbonyl (C=O) groups is 1. The lowest BCUT2D eigenvalue weighted by molar-refractivity contribution is 0.111. The van der Waals surface area contributed by atoms with Crippen molar-refractivity contribution in [3.63, 3.8) is 0 Å². The number of halogens is 2. The van der Waals surface area contributed by atoms with E-state index in [9.17, 15) is 13.6 Å². The summed E-state index contributed by atoms with van der Waals surface area (Å²) in [7, 11) is 0. The molecule has 1 aromatic carbocycles. The average molecular weight is 234 g/mol. The van der Waals surface area contributed by atoms with Gasteiger partial charge in [-0.2, -0.15) is 0 Å². The Kier molecular flexibility index (Phi) is 2.91. The topological polar surface area (TPSA) is 42.9 Å². The Labute approximate surface area is 96.2 Å². The largest absolute Gasteiger partial charge is 0.298 e. The third-order valence-corrected chi connectivity index (χ3v) is 2.31. The second-order valence-electron chi connectivity index (χ2n) is 3.49. The number of benzene rings is 1. The van der Waals surface area contributed by atoms with Crippen LogP contribution in [-0.4, -0.2) is 16.3 Å². The highest BCUT2D eigenvalue weighted by Gasteiger charge is 2.11. The second-order valence-corrected chi connectivity index (χ2v) is 3.49. The van der Waals surface area contributed by atoms with E-state index in [1.807, 2.05) is 0 Å². The van der Waals surface area contributed by atoms with Crippen LogP contribution >= 0.6 is 0 Å². The first-order valence-electron chi connectivity index (χ1n) is 4.85. The van der Waals surface area contributed by atoms with Gasteiger partial charge in [0.2, 0.25) is 0 Å². The molecule has 2 rings (SSSR count). The van der Waals surface area contributed by atoms with E-state index in [2.05, 4.69) is 9.97 Å². The number of hydrogen-bond donors (Lipinski definition) is 0. The molecule has 2 aromatic rings. The Morgan fingerprint density at radius 3 is 2.06 bits per heavy atom. The van der Waals surface area contributed by atoms with E-state index < -0.39 is 17.2 Å². The van der Waals surface area contributed by atoms with Gasteiger partial charge in [-0.1, -0.05) is 0 Å². The molecule has 0 aliphatic carbocycles. The Bertz CT molecular complexity index is 544. The maximum absolute atomic E-state index is 13.4. The first-order valence-corrected chi connectivity index (χ1v) is 4.85. The molecule has 0 bridgehead atoms. The smallest absolute Gasteiger partial charge is 0.155 e. The Morgan fingerprint density at radius 1 is 1.06 bits per heavy atom. The van der Waals surface area contributed by atoms with Gasteiger partial charge in [0.05, 0.1) is 5.56 Å². The number of aromatic nitrogens is 2. The standard InChI is InChI=1S/C12H8F2N2O/c1-7-15-4-9(5-16-7)8-2-11(13)10(6-17)12(14)3-8/h2-6H,1H3. The van der Waals surface area contributed by atoms with E-state index in [4.69, 9.17) is 0 Å². The van der Waals surface area contributed by atoms with Crippen molar-refractivity contribution < 1.29 is 13.6 Å². The second kappa shape index (κ2) is 4.37. The fourth-order valence-corrected chi connectivity index (χ4v) is 1.41. The van der Waals surface area contributed by atoms with Crippen LogP contribution in [0, 0.1) is 18.6 Å². The van der Waals surface area contributed by atoms with Gasteiger partial charge >= 0.3 is 0 Å². The van der Waals surface area contributed by atoms with Gasteiger partial charge < -0.3 is 0 Å². The maximum atomic E-state index is 13.4. The molecular formula is C12H8F2N2O. The molecule has 0 unspecified atom stereocenters. The van der Waals surface area contributed by atoms with Gasteiger partial charge in [0.25, 0.3) is 0 Å². The lowest BCUT2D eigenvalue weighted by Crippen LogP contribution is -1.95. The molecule has 1 heterocycles. The van der Waals surface area contributed by atoms with E-state index in [0.717, 1.165) is 12.1 Å². The molecule has 1 aromatic heterocycles. The summed E-state index contributed by atoms with van der Waals surface area (Å²) >= 11 is 0. The van der Waals surface area contributed by atoms with E-state index in [0.29, 0.717) is 17.0 Å². The van der Waals surface area contributed by atoms with Gasteiger partial charge in [-0.25, -0.2) is 18.7 Å². The summed E-state index contributed by atoms with van der Waals surface area (Å²) < 4.78 is 26.7. The summed E-state index contributed by atoms with van der Waals surface area (Å²) in [5.41, 5.74) is 0.221. The van der Waals surface area contributed by atoms with Crippen molar-refractivity contribution in [3.05, 3.63) is 47.5 Å². The van der Waals surface area contributed by atoms with Gasteiger partial charge in [0.15, 0.2) is 6.29 Å². The van der Waals surface area contributed by atoms with Crippen molar-refractivity contribution in [3.8, 4) is 11.1 Å². The Balaban J connectivity index is 2.54. The van der Waals surface area contributed by atoms with Gasteiger partial charge in [-0.05, 0) is 24.6 Å². The minimum Gasteiger partial charge on any atom is -0.298 e. The van der Waals surface area contributed by atoms with Crippen molar-refractivity contribution >= 4 is 6.29 Å². The van der Waals surface area contributed by atoms with Gasteiger partial charge in [0.1, 0.15) is 17.5 Å². The van der Waals surface area contributed by atoms with Crippen LogP contribution in [0.4, 0.5) is 8.78 Å². The predicted molar refractivity (Wildman–Crippen MR) is 57.5 cm³/mol. The molecule has 0 N–H and O–H groups in total.